The largest absolute Gasteiger partial charge is 0.325 e. The van der Waals surface area contributed by atoms with Gasteiger partial charge in [-0.1, -0.05) is 19.8 Å². The van der Waals surface area contributed by atoms with Gasteiger partial charge < -0.3 is 4.90 Å². The Kier molecular flexibility index (Phi) is 2.70. The van der Waals surface area contributed by atoms with Crippen LogP contribution in [0.1, 0.15) is 58.3 Å². The molecule has 2 bridgehead atoms. The molecule has 1 heterocycles. The van der Waals surface area contributed by atoms with Gasteiger partial charge in [0.25, 0.3) is 0 Å². The lowest BCUT2D eigenvalue weighted by Gasteiger charge is -2.30. The Morgan fingerprint density at radius 3 is 2.74 bits per heavy atom. The van der Waals surface area contributed by atoms with Crippen molar-refractivity contribution in [3.8, 4) is 0 Å². The SMILES string of the molecule is CCCC1NC2(CC2)C(=O)N1CC1CC2CCC1C2. The zero-order chi connectivity index (χ0) is 13.0. The molecule has 1 saturated heterocycles. The standard InChI is InChI=1S/C16H26N2O/c1-2-3-14-17-16(6-7-16)15(19)18(14)10-13-9-11-4-5-12(13)8-11/h11-14,17H,2-10H2,1H3. The highest BCUT2D eigenvalue weighted by molar-refractivity contribution is 5.91. The summed E-state index contributed by atoms with van der Waals surface area (Å²) in [6.45, 7) is 3.26. The maximum atomic E-state index is 12.6. The van der Waals surface area contributed by atoms with Gasteiger partial charge in [0.05, 0.1) is 11.7 Å². The minimum Gasteiger partial charge on any atom is -0.325 e. The summed E-state index contributed by atoms with van der Waals surface area (Å²) in [5, 5.41) is 3.64. The molecule has 3 nitrogen and oxygen atoms in total. The van der Waals surface area contributed by atoms with Crippen LogP contribution in [0.2, 0.25) is 0 Å². The van der Waals surface area contributed by atoms with E-state index in [1.165, 1.54) is 25.7 Å². The van der Waals surface area contributed by atoms with E-state index in [0.717, 1.165) is 50.0 Å². The van der Waals surface area contributed by atoms with Crippen LogP contribution in [0.25, 0.3) is 0 Å². The van der Waals surface area contributed by atoms with Crippen LogP contribution in [-0.2, 0) is 4.79 Å². The molecular weight excluding hydrogens is 236 g/mol. The Morgan fingerprint density at radius 2 is 2.16 bits per heavy atom. The Hall–Kier alpha value is -0.570. The highest BCUT2D eigenvalue weighted by Gasteiger charge is 2.59. The fourth-order valence-electron chi connectivity index (χ4n) is 4.92. The fraction of sp³-hybridized carbons (Fsp3) is 0.938. The topological polar surface area (TPSA) is 32.3 Å². The smallest absolute Gasteiger partial charge is 0.244 e. The van der Waals surface area contributed by atoms with Gasteiger partial charge in [0.15, 0.2) is 0 Å². The predicted molar refractivity (Wildman–Crippen MR) is 74.4 cm³/mol. The second-order valence-corrected chi connectivity index (χ2v) is 7.42. The zero-order valence-electron chi connectivity index (χ0n) is 12.0. The molecule has 4 rings (SSSR count). The molecule has 1 aliphatic heterocycles. The molecule has 4 fully saturated rings. The van der Waals surface area contributed by atoms with Crippen molar-refractivity contribution in [1.82, 2.24) is 10.2 Å². The number of rotatable bonds is 4. The molecule has 0 aromatic heterocycles. The lowest BCUT2D eigenvalue weighted by molar-refractivity contribution is -0.131. The number of hydrogen-bond acceptors (Lipinski definition) is 2. The number of nitrogens with one attached hydrogen (secondary N) is 1. The summed E-state index contributed by atoms with van der Waals surface area (Å²) in [5.41, 5.74) is -0.114. The number of nitrogens with zero attached hydrogens (tertiary/aromatic N) is 1. The minimum atomic E-state index is -0.114. The van der Waals surface area contributed by atoms with E-state index in [1.807, 2.05) is 0 Å². The van der Waals surface area contributed by atoms with Gasteiger partial charge in [-0.25, -0.2) is 0 Å². The van der Waals surface area contributed by atoms with E-state index in [0.29, 0.717) is 12.1 Å². The quantitative estimate of drug-likeness (QED) is 0.844. The van der Waals surface area contributed by atoms with Gasteiger partial charge in [-0.3, -0.25) is 10.1 Å². The van der Waals surface area contributed by atoms with Gasteiger partial charge in [-0.2, -0.15) is 0 Å². The second kappa shape index (κ2) is 4.21. The number of carbonyl (C=O) groups is 1. The zero-order valence-corrected chi connectivity index (χ0v) is 12.0. The molecule has 1 N–H and O–H groups in total. The molecule has 4 aliphatic rings. The molecular formula is C16H26N2O. The molecule has 19 heavy (non-hydrogen) atoms. The van der Waals surface area contributed by atoms with Crippen LogP contribution >= 0.6 is 0 Å². The first-order valence-electron chi connectivity index (χ1n) is 8.30. The number of hydrogen-bond donors (Lipinski definition) is 1. The van der Waals surface area contributed by atoms with Crippen molar-refractivity contribution in [3.63, 3.8) is 0 Å². The van der Waals surface area contributed by atoms with E-state index in [2.05, 4.69) is 17.1 Å². The summed E-state index contributed by atoms with van der Waals surface area (Å²) in [5.74, 6) is 3.14. The molecule has 3 heteroatoms. The first kappa shape index (κ1) is 12.2. The van der Waals surface area contributed by atoms with E-state index in [4.69, 9.17) is 0 Å². The van der Waals surface area contributed by atoms with Crippen LogP contribution in [0.5, 0.6) is 0 Å². The molecule has 106 valence electrons. The summed E-state index contributed by atoms with van der Waals surface area (Å²) in [7, 11) is 0. The Labute approximate surface area is 116 Å². The van der Waals surface area contributed by atoms with Crippen molar-refractivity contribution >= 4 is 5.91 Å². The van der Waals surface area contributed by atoms with Gasteiger partial charge in [0.1, 0.15) is 0 Å². The van der Waals surface area contributed by atoms with E-state index < -0.39 is 0 Å². The maximum Gasteiger partial charge on any atom is 0.244 e. The van der Waals surface area contributed by atoms with Crippen LogP contribution in [0.3, 0.4) is 0 Å². The molecule has 0 aromatic carbocycles. The Bertz CT molecular complexity index is 390. The minimum absolute atomic E-state index is 0.114. The van der Waals surface area contributed by atoms with E-state index in [-0.39, 0.29) is 5.54 Å². The lowest BCUT2D eigenvalue weighted by Crippen LogP contribution is -2.41. The van der Waals surface area contributed by atoms with E-state index in [1.54, 1.807) is 0 Å². The van der Waals surface area contributed by atoms with Gasteiger partial charge in [-0.05, 0) is 56.3 Å². The van der Waals surface area contributed by atoms with Crippen LogP contribution in [-0.4, -0.2) is 29.1 Å². The van der Waals surface area contributed by atoms with Crippen LogP contribution in [0, 0.1) is 17.8 Å². The van der Waals surface area contributed by atoms with Crippen molar-refractivity contribution in [2.45, 2.75) is 70.0 Å². The monoisotopic (exact) mass is 262 g/mol. The third kappa shape index (κ3) is 1.84. The van der Waals surface area contributed by atoms with Crippen molar-refractivity contribution in [1.29, 1.82) is 0 Å². The Balaban J connectivity index is 1.47. The van der Waals surface area contributed by atoms with Crippen LogP contribution < -0.4 is 5.32 Å². The predicted octanol–water partition coefficient (Wildman–Crippen LogP) is 2.51. The molecule has 1 amide bonds. The third-order valence-corrected chi connectivity index (χ3v) is 6.12. The van der Waals surface area contributed by atoms with Gasteiger partial charge >= 0.3 is 0 Å². The maximum absolute atomic E-state index is 12.6. The molecule has 1 spiro atoms. The van der Waals surface area contributed by atoms with Crippen molar-refractivity contribution in [3.05, 3.63) is 0 Å². The number of carbonyl (C=O) groups excluding carboxylic acids is 1. The molecule has 3 aliphatic carbocycles. The second-order valence-electron chi connectivity index (χ2n) is 7.42. The normalized spacial score (nSPS) is 42.6. The fourth-order valence-corrected chi connectivity index (χ4v) is 4.92. The van der Waals surface area contributed by atoms with E-state index >= 15 is 0 Å². The molecule has 0 aromatic rings. The Morgan fingerprint density at radius 1 is 1.32 bits per heavy atom. The summed E-state index contributed by atoms with van der Waals surface area (Å²) in [6.07, 6.45) is 10.5. The van der Waals surface area contributed by atoms with Gasteiger partial charge in [-0.15, -0.1) is 0 Å². The summed E-state index contributed by atoms with van der Waals surface area (Å²) >= 11 is 0. The molecule has 0 radical (unpaired) electrons. The van der Waals surface area contributed by atoms with Crippen LogP contribution in [0.15, 0.2) is 0 Å². The van der Waals surface area contributed by atoms with Crippen molar-refractivity contribution < 1.29 is 4.79 Å². The summed E-state index contributed by atoms with van der Waals surface area (Å²) < 4.78 is 0. The first-order valence-corrected chi connectivity index (χ1v) is 8.30. The first-order chi connectivity index (χ1) is 9.22. The number of fused-ring (bicyclic) bond motifs is 2. The van der Waals surface area contributed by atoms with Gasteiger partial charge in [0, 0.05) is 6.54 Å². The third-order valence-electron chi connectivity index (χ3n) is 6.12. The highest BCUT2D eigenvalue weighted by Crippen LogP contribution is 2.50. The average molecular weight is 262 g/mol. The average Bonchev–Trinajstić information content (AvgIpc) is 2.78. The summed E-state index contributed by atoms with van der Waals surface area (Å²) in [6, 6.07) is 0. The summed E-state index contributed by atoms with van der Waals surface area (Å²) in [4.78, 5) is 14.9. The molecule has 4 unspecified atom stereocenters. The van der Waals surface area contributed by atoms with Gasteiger partial charge in [0.2, 0.25) is 5.91 Å². The molecule has 3 saturated carbocycles. The van der Waals surface area contributed by atoms with E-state index in [9.17, 15) is 4.79 Å². The van der Waals surface area contributed by atoms with Crippen molar-refractivity contribution in [2.24, 2.45) is 17.8 Å². The number of amides is 1. The van der Waals surface area contributed by atoms with Crippen molar-refractivity contribution in [2.75, 3.05) is 6.54 Å². The van der Waals surface area contributed by atoms with Crippen LogP contribution in [0.4, 0.5) is 0 Å². The molecule has 4 atom stereocenters. The highest BCUT2D eigenvalue weighted by atomic mass is 16.2. The lowest BCUT2D eigenvalue weighted by atomic mass is 9.88.